The van der Waals surface area contributed by atoms with Crippen LogP contribution in [0.4, 0.5) is 10.1 Å². The standard InChI is InChI=1S/C23H20FN3O2S/c1-15(2)13-29-23(28)17-5-9-20(10-6-17)26-12-18(11-25)22-27-21(14-30-22)16-3-7-19(24)8-4-16/h3-10,12,14-15,26H,13H2,1-2H3/b18-12+. The molecule has 0 saturated heterocycles. The lowest BCUT2D eigenvalue weighted by atomic mass is 10.2. The van der Waals surface area contributed by atoms with Gasteiger partial charge in [-0.15, -0.1) is 11.3 Å². The lowest BCUT2D eigenvalue weighted by Crippen LogP contribution is -2.10. The lowest BCUT2D eigenvalue weighted by Gasteiger charge is -2.07. The number of thiazole rings is 1. The predicted octanol–water partition coefficient (Wildman–Crippen LogP) is 5.74. The number of halogens is 1. The van der Waals surface area contributed by atoms with Crippen LogP contribution in [-0.2, 0) is 4.74 Å². The Labute approximate surface area is 178 Å². The summed E-state index contributed by atoms with van der Waals surface area (Å²) in [5.41, 5.74) is 3.02. The number of anilines is 1. The van der Waals surface area contributed by atoms with Gasteiger partial charge in [-0.25, -0.2) is 14.2 Å². The second-order valence-corrected chi connectivity index (χ2v) is 7.79. The van der Waals surface area contributed by atoms with Gasteiger partial charge in [-0.05, 0) is 54.4 Å². The van der Waals surface area contributed by atoms with Crippen molar-refractivity contribution in [2.45, 2.75) is 13.8 Å². The van der Waals surface area contributed by atoms with E-state index in [1.54, 1.807) is 42.6 Å². The van der Waals surface area contributed by atoms with Crippen molar-refractivity contribution in [2.75, 3.05) is 11.9 Å². The van der Waals surface area contributed by atoms with Crippen LogP contribution >= 0.6 is 11.3 Å². The van der Waals surface area contributed by atoms with Crippen LogP contribution in [0.2, 0.25) is 0 Å². The molecule has 1 heterocycles. The Morgan fingerprint density at radius 3 is 2.57 bits per heavy atom. The number of allylic oxidation sites excluding steroid dienone is 1. The molecule has 3 aromatic rings. The van der Waals surface area contributed by atoms with E-state index >= 15 is 0 Å². The Morgan fingerprint density at radius 2 is 1.93 bits per heavy atom. The number of benzene rings is 2. The molecule has 2 aromatic carbocycles. The summed E-state index contributed by atoms with van der Waals surface area (Å²) in [5, 5.41) is 14.9. The van der Waals surface area contributed by atoms with E-state index in [4.69, 9.17) is 4.74 Å². The van der Waals surface area contributed by atoms with Gasteiger partial charge in [0.2, 0.25) is 0 Å². The van der Waals surface area contributed by atoms with Gasteiger partial charge in [0, 0.05) is 22.8 Å². The Kier molecular flexibility index (Phi) is 6.94. The van der Waals surface area contributed by atoms with Crippen LogP contribution in [0.15, 0.2) is 60.1 Å². The number of aromatic nitrogens is 1. The average molecular weight is 421 g/mol. The summed E-state index contributed by atoms with van der Waals surface area (Å²) < 4.78 is 18.3. The van der Waals surface area contributed by atoms with Gasteiger partial charge in [0.15, 0.2) is 0 Å². The highest BCUT2D eigenvalue weighted by Crippen LogP contribution is 2.26. The van der Waals surface area contributed by atoms with Gasteiger partial charge in [0.1, 0.15) is 22.5 Å². The van der Waals surface area contributed by atoms with Crippen LogP contribution in [0.5, 0.6) is 0 Å². The van der Waals surface area contributed by atoms with E-state index < -0.39 is 0 Å². The quantitative estimate of drug-likeness (QED) is 0.389. The number of nitrogens with zero attached hydrogens (tertiary/aromatic N) is 2. The number of hydrogen-bond donors (Lipinski definition) is 1. The molecule has 0 spiro atoms. The fourth-order valence-electron chi connectivity index (χ4n) is 2.48. The zero-order valence-electron chi connectivity index (χ0n) is 16.6. The maximum atomic E-state index is 13.1. The summed E-state index contributed by atoms with van der Waals surface area (Å²) in [5.74, 6) is -0.395. The zero-order chi connectivity index (χ0) is 21.5. The molecule has 152 valence electrons. The van der Waals surface area contributed by atoms with E-state index in [2.05, 4.69) is 16.4 Å². The van der Waals surface area contributed by atoms with Gasteiger partial charge in [0.25, 0.3) is 0 Å². The maximum absolute atomic E-state index is 13.1. The molecule has 5 nitrogen and oxygen atoms in total. The first kappa shape index (κ1) is 21.2. The van der Waals surface area contributed by atoms with Crippen molar-refractivity contribution in [3.8, 4) is 17.3 Å². The fourth-order valence-corrected chi connectivity index (χ4v) is 3.27. The number of carbonyl (C=O) groups excluding carboxylic acids is 1. The van der Waals surface area contributed by atoms with E-state index in [0.29, 0.717) is 28.4 Å². The highest BCUT2D eigenvalue weighted by Gasteiger charge is 2.10. The second kappa shape index (κ2) is 9.81. The van der Waals surface area contributed by atoms with E-state index in [1.807, 2.05) is 19.2 Å². The second-order valence-electron chi connectivity index (χ2n) is 6.93. The number of esters is 1. The Morgan fingerprint density at radius 1 is 1.23 bits per heavy atom. The third-order valence-corrected chi connectivity index (χ3v) is 4.92. The Bertz CT molecular complexity index is 1080. The summed E-state index contributed by atoms with van der Waals surface area (Å²) in [6.45, 7) is 4.33. The van der Waals surface area contributed by atoms with Crippen LogP contribution in [0.25, 0.3) is 16.8 Å². The van der Waals surface area contributed by atoms with Crippen molar-refractivity contribution < 1.29 is 13.9 Å². The molecule has 0 aliphatic rings. The first-order valence-electron chi connectivity index (χ1n) is 9.32. The number of nitriles is 1. The summed E-state index contributed by atoms with van der Waals surface area (Å²) in [4.78, 5) is 16.4. The van der Waals surface area contributed by atoms with Gasteiger partial charge in [0.05, 0.1) is 17.9 Å². The van der Waals surface area contributed by atoms with Crippen molar-refractivity contribution in [3.05, 3.63) is 76.5 Å². The monoisotopic (exact) mass is 421 g/mol. The smallest absolute Gasteiger partial charge is 0.338 e. The number of rotatable bonds is 7. The molecule has 3 rings (SSSR count). The molecule has 7 heteroatoms. The van der Waals surface area contributed by atoms with Gasteiger partial charge < -0.3 is 10.1 Å². The third kappa shape index (κ3) is 5.52. The molecule has 0 amide bonds. The molecule has 0 aliphatic heterocycles. The molecular formula is C23H20FN3O2S. The normalized spacial score (nSPS) is 11.2. The first-order valence-corrected chi connectivity index (χ1v) is 10.2. The molecule has 30 heavy (non-hydrogen) atoms. The van der Waals surface area contributed by atoms with Crippen molar-refractivity contribution in [1.29, 1.82) is 5.26 Å². The van der Waals surface area contributed by atoms with E-state index in [1.165, 1.54) is 23.5 Å². The fraction of sp³-hybridized carbons (Fsp3) is 0.174. The summed E-state index contributed by atoms with van der Waals surface area (Å²) in [6.07, 6.45) is 1.57. The minimum Gasteiger partial charge on any atom is -0.462 e. The lowest BCUT2D eigenvalue weighted by molar-refractivity contribution is 0.0459. The van der Waals surface area contributed by atoms with E-state index in [0.717, 1.165) is 11.3 Å². The highest BCUT2D eigenvalue weighted by molar-refractivity contribution is 7.11. The number of ether oxygens (including phenoxy) is 1. The van der Waals surface area contributed by atoms with Gasteiger partial charge in [-0.1, -0.05) is 13.8 Å². The van der Waals surface area contributed by atoms with Crippen molar-refractivity contribution in [1.82, 2.24) is 4.98 Å². The minimum absolute atomic E-state index is 0.277. The van der Waals surface area contributed by atoms with Gasteiger partial charge >= 0.3 is 5.97 Å². The maximum Gasteiger partial charge on any atom is 0.338 e. The van der Waals surface area contributed by atoms with Crippen LogP contribution in [0, 0.1) is 23.1 Å². The van der Waals surface area contributed by atoms with Crippen LogP contribution in [0.3, 0.4) is 0 Å². The largest absolute Gasteiger partial charge is 0.462 e. The highest BCUT2D eigenvalue weighted by atomic mass is 32.1. The van der Waals surface area contributed by atoms with Crippen LogP contribution < -0.4 is 5.32 Å². The molecular weight excluding hydrogens is 401 g/mol. The molecule has 0 radical (unpaired) electrons. The van der Waals surface area contributed by atoms with Gasteiger partial charge in [-0.2, -0.15) is 5.26 Å². The summed E-state index contributed by atoms with van der Waals surface area (Å²) in [7, 11) is 0. The predicted molar refractivity (Wildman–Crippen MR) is 116 cm³/mol. The minimum atomic E-state index is -0.361. The van der Waals surface area contributed by atoms with Crippen LogP contribution in [-0.4, -0.2) is 17.6 Å². The van der Waals surface area contributed by atoms with Gasteiger partial charge in [-0.3, -0.25) is 0 Å². The van der Waals surface area contributed by atoms with Crippen molar-refractivity contribution >= 4 is 28.6 Å². The molecule has 0 bridgehead atoms. The number of carbonyl (C=O) groups is 1. The van der Waals surface area contributed by atoms with Crippen LogP contribution in [0.1, 0.15) is 29.2 Å². The third-order valence-electron chi connectivity index (χ3n) is 4.05. The summed E-state index contributed by atoms with van der Waals surface area (Å²) in [6, 6.07) is 15.0. The number of hydrogen-bond acceptors (Lipinski definition) is 6. The molecule has 0 fully saturated rings. The number of nitrogens with one attached hydrogen (secondary N) is 1. The Balaban J connectivity index is 1.68. The SMILES string of the molecule is CC(C)COC(=O)c1ccc(N/C=C(\C#N)c2nc(-c3ccc(F)cc3)cs2)cc1. The van der Waals surface area contributed by atoms with E-state index in [9.17, 15) is 14.4 Å². The Hall–Kier alpha value is -3.50. The molecule has 0 unspecified atom stereocenters. The van der Waals surface area contributed by atoms with Crippen molar-refractivity contribution in [2.24, 2.45) is 5.92 Å². The summed E-state index contributed by atoms with van der Waals surface area (Å²) >= 11 is 1.33. The average Bonchev–Trinajstić information content (AvgIpc) is 3.23. The molecule has 0 saturated carbocycles. The molecule has 0 aliphatic carbocycles. The van der Waals surface area contributed by atoms with Crippen molar-refractivity contribution in [3.63, 3.8) is 0 Å². The molecule has 0 atom stereocenters. The zero-order valence-corrected chi connectivity index (χ0v) is 17.4. The van der Waals surface area contributed by atoms with E-state index in [-0.39, 0.29) is 17.7 Å². The first-order chi connectivity index (χ1) is 14.5. The molecule has 1 aromatic heterocycles. The molecule has 1 N–H and O–H groups in total. The topological polar surface area (TPSA) is 75.0 Å².